The van der Waals surface area contributed by atoms with Gasteiger partial charge in [-0.1, -0.05) is 42.5 Å². The second kappa shape index (κ2) is 7.61. The van der Waals surface area contributed by atoms with Crippen LogP contribution in [-0.4, -0.2) is 16.9 Å². The number of anilines is 1. The molecule has 0 fully saturated rings. The maximum atomic E-state index is 12.4. The summed E-state index contributed by atoms with van der Waals surface area (Å²) < 4.78 is 0. The van der Waals surface area contributed by atoms with Gasteiger partial charge in [-0.25, -0.2) is 4.79 Å². The summed E-state index contributed by atoms with van der Waals surface area (Å²) in [6.45, 7) is 3.77. The lowest BCUT2D eigenvalue weighted by Gasteiger charge is -2.10. The number of aryl methyl sites for hydroxylation is 2. The Morgan fingerprint density at radius 1 is 0.846 bits per heavy atom. The Bertz CT molecular complexity index is 952. The van der Waals surface area contributed by atoms with Crippen LogP contribution in [0.5, 0.6) is 0 Å². The zero-order valence-electron chi connectivity index (χ0n) is 14.6. The average Bonchev–Trinajstić information content (AvgIpc) is 2.62. The maximum Gasteiger partial charge on any atom is 0.326 e. The largest absolute Gasteiger partial charge is 0.326 e. The Labute approximate surface area is 152 Å². The molecule has 0 saturated heterocycles. The molecule has 3 aromatic rings. The predicted octanol–water partition coefficient (Wildman–Crippen LogP) is 4.33. The number of pyridine rings is 1. The number of benzene rings is 2. The quantitative estimate of drug-likeness (QED) is 0.742. The number of aromatic nitrogens is 1. The van der Waals surface area contributed by atoms with Gasteiger partial charge in [0.25, 0.3) is 5.91 Å². The van der Waals surface area contributed by atoms with Crippen molar-refractivity contribution in [2.45, 2.75) is 13.8 Å². The van der Waals surface area contributed by atoms with Crippen LogP contribution < -0.4 is 10.6 Å². The van der Waals surface area contributed by atoms with Crippen molar-refractivity contribution < 1.29 is 9.59 Å². The van der Waals surface area contributed by atoms with Crippen molar-refractivity contribution in [1.82, 2.24) is 10.3 Å². The lowest BCUT2D eigenvalue weighted by atomic mass is 10.0. The number of hydrogen-bond donors (Lipinski definition) is 2. The summed E-state index contributed by atoms with van der Waals surface area (Å²) in [4.78, 5) is 28.9. The third kappa shape index (κ3) is 3.95. The van der Waals surface area contributed by atoms with E-state index in [9.17, 15) is 9.59 Å². The van der Waals surface area contributed by atoms with E-state index in [-0.39, 0.29) is 0 Å². The maximum absolute atomic E-state index is 12.4. The van der Waals surface area contributed by atoms with Gasteiger partial charge < -0.3 is 5.32 Å². The van der Waals surface area contributed by atoms with Crippen molar-refractivity contribution in [2.75, 3.05) is 5.32 Å². The van der Waals surface area contributed by atoms with Crippen LogP contribution in [0.25, 0.3) is 11.3 Å². The fourth-order valence-corrected chi connectivity index (χ4v) is 2.67. The molecule has 0 aliphatic carbocycles. The minimum absolute atomic E-state index is 0.366. The van der Waals surface area contributed by atoms with Crippen LogP contribution in [0.1, 0.15) is 21.6 Å². The van der Waals surface area contributed by atoms with Gasteiger partial charge >= 0.3 is 6.03 Å². The van der Waals surface area contributed by atoms with Crippen LogP contribution in [0.3, 0.4) is 0 Å². The van der Waals surface area contributed by atoms with Crippen LogP contribution in [0.4, 0.5) is 10.5 Å². The third-order valence-corrected chi connectivity index (χ3v) is 4.01. The average molecular weight is 345 g/mol. The molecule has 0 unspecified atom stereocenters. The van der Waals surface area contributed by atoms with Crippen LogP contribution in [-0.2, 0) is 0 Å². The summed E-state index contributed by atoms with van der Waals surface area (Å²) in [5.74, 6) is -0.486. The monoisotopic (exact) mass is 345 g/mol. The van der Waals surface area contributed by atoms with Crippen molar-refractivity contribution in [3.8, 4) is 11.3 Å². The van der Waals surface area contributed by atoms with Crippen molar-refractivity contribution in [3.05, 3.63) is 83.6 Å². The van der Waals surface area contributed by atoms with Crippen molar-refractivity contribution in [2.24, 2.45) is 0 Å². The van der Waals surface area contributed by atoms with Gasteiger partial charge in [0.05, 0.1) is 17.0 Å². The number of carbonyl (C=O) groups is 2. The van der Waals surface area contributed by atoms with E-state index in [1.165, 1.54) is 0 Å². The molecule has 130 valence electrons. The van der Waals surface area contributed by atoms with Gasteiger partial charge in [0.2, 0.25) is 0 Å². The highest BCUT2D eigenvalue weighted by Gasteiger charge is 2.15. The van der Waals surface area contributed by atoms with Crippen molar-refractivity contribution in [1.29, 1.82) is 0 Å². The highest BCUT2D eigenvalue weighted by Crippen LogP contribution is 2.22. The van der Waals surface area contributed by atoms with E-state index < -0.39 is 11.9 Å². The number of carbonyl (C=O) groups excluding carboxylic acids is 2. The molecule has 0 bridgehead atoms. The number of imide groups is 1. The second-order valence-corrected chi connectivity index (χ2v) is 5.92. The van der Waals surface area contributed by atoms with Gasteiger partial charge in [-0.3, -0.25) is 15.1 Å². The highest BCUT2D eigenvalue weighted by molar-refractivity contribution is 6.08. The normalized spacial score (nSPS) is 10.2. The first-order chi connectivity index (χ1) is 12.5. The number of rotatable bonds is 3. The Balaban J connectivity index is 1.74. The van der Waals surface area contributed by atoms with E-state index in [1.807, 2.05) is 37.3 Å². The van der Waals surface area contributed by atoms with Gasteiger partial charge in [0.1, 0.15) is 0 Å². The smallest absolute Gasteiger partial charge is 0.308 e. The molecule has 1 heterocycles. The summed E-state index contributed by atoms with van der Waals surface area (Å²) in [5, 5.41) is 4.94. The molecule has 1 aromatic heterocycles. The minimum Gasteiger partial charge on any atom is -0.308 e. The molecule has 0 radical (unpaired) electrons. The van der Waals surface area contributed by atoms with E-state index in [2.05, 4.69) is 15.6 Å². The van der Waals surface area contributed by atoms with Gasteiger partial charge in [-0.05, 0) is 43.7 Å². The number of nitrogens with zero attached hydrogens (tertiary/aromatic N) is 1. The first-order valence-electron chi connectivity index (χ1n) is 8.25. The fraction of sp³-hybridized carbons (Fsp3) is 0.0952. The van der Waals surface area contributed by atoms with Crippen LogP contribution in [0.2, 0.25) is 0 Å². The molecule has 0 saturated carbocycles. The number of nitrogens with one attached hydrogen (secondary N) is 2. The number of amides is 3. The molecule has 0 aliphatic rings. The molecule has 26 heavy (non-hydrogen) atoms. The Hall–Kier alpha value is -3.47. The highest BCUT2D eigenvalue weighted by atomic mass is 16.2. The summed E-state index contributed by atoms with van der Waals surface area (Å²) in [5.41, 5.74) is 4.47. The van der Waals surface area contributed by atoms with E-state index in [4.69, 9.17) is 0 Å². The Morgan fingerprint density at radius 2 is 1.54 bits per heavy atom. The molecular formula is C21H19N3O2. The van der Waals surface area contributed by atoms with Crippen LogP contribution in [0.15, 0.2) is 66.7 Å². The van der Waals surface area contributed by atoms with Gasteiger partial charge in [-0.15, -0.1) is 0 Å². The third-order valence-electron chi connectivity index (χ3n) is 4.01. The molecule has 2 aromatic carbocycles. The summed E-state index contributed by atoms with van der Waals surface area (Å²) in [6, 6.07) is 19.8. The van der Waals surface area contributed by atoms with Gasteiger partial charge in [0.15, 0.2) is 0 Å². The van der Waals surface area contributed by atoms with Gasteiger partial charge in [0, 0.05) is 11.3 Å². The predicted molar refractivity (Wildman–Crippen MR) is 102 cm³/mol. The topological polar surface area (TPSA) is 71.1 Å². The van der Waals surface area contributed by atoms with E-state index in [1.54, 1.807) is 43.3 Å². The fourth-order valence-electron chi connectivity index (χ4n) is 2.67. The van der Waals surface area contributed by atoms with E-state index >= 15 is 0 Å². The van der Waals surface area contributed by atoms with Gasteiger partial charge in [-0.2, -0.15) is 0 Å². The molecule has 5 nitrogen and oxygen atoms in total. The number of hydrogen-bond acceptors (Lipinski definition) is 3. The molecule has 3 amide bonds. The Morgan fingerprint density at radius 3 is 2.23 bits per heavy atom. The summed E-state index contributed by atoms with van der Waals surface area (Å²) in [7, 11) is 0. The number of para-hydroxylation sites is 1. The first kappa shape index (κ1) is 17.4. The van der Waals surface area contributed by atoms with Crippen LogP contribution in [0, 0.1) is 13.8 Å². The first-order valence-corrected chi connectivity index (χ1v) is 8.25. The molecule has 0 aliphatic heterocycles. The molecule has 0 spiro atoms. The Kier molecular flexibility index (Phi) is 5.08. The van der Waals surface area contributed by atoms with Crippen molar-refractivity contribution in [3.63, 3.8) is 0 Å². The standard InChI is InChI=1S/C21H19N3O2/c1-14-8-6-7-11-17(14)19-13-12-18(15(2)22-19)20(25)24-21(26)23-16-9-4-3-5-10-16/h3-13H,1-2H3,(H2,23,24,25,26). The lowest BCUT2D eigenvalue weighted by Crippen LogP contribution is -2.34. The zero-order valence-corrected chi connectivity index (χ0v) is 14.6. The van der Waals surface area contributed by atoms with E-state index in [0.717, 1.165) is 16.8 Å². The number of urea groups is 1. The molecular weight excluding hydrogens is 326 g/mol. The SMILES string of the molecule is Cc1ccccc1-c1ccc(C(=O)NC(=O)Nc2ccccc2)c(C)n1. The molecule has 0 atom stereocenters. The van der Waals surface area contributed by atoms with Crippen molar-refractivity contribution >= 4 is 17.6 Å². The minimum atomic E-state index is -0.580. The van der Waals surface area contributed by atoms with Crippen LogP contribution >= 0.6 is 0 Å². The van der Waals surface area contributed by atoms with E-state index in [0.29, 0.717) is 16.9 Å². The second-order valence-electron chi connectivity index (χ2n) is 5.92. The summed E-state index contributed by atoms with van der Waals surface area (Å²) in [6.07, 6.45) is 0. The summed E-state index contributed by atoms with van der Waals surface area (Å²) >= 11 is 0. The lowest BCUT2D eigenvalue weighted by molar-refractivity contribution is 0.0966. The molecule has 2 N–H and O–H groups in total. The zero-order chi connectivity index (χ0) is 18.5. The molecule has 3 rings (SSSR count). The molecule has 5 heteroatoms.